The number of methoxy groups -OCH3 is 1. The zero-order chi connectivity index (χ0) is 10.1. The topological polar surface area (TPSA) is 22.1 Å². The number of nitrogens with zero attached hydrogens (tertiary/aromatic N) is 1. The second-order valence-electron chi connectivity index (χ2n) is 3.93. The Hall–Kier alpha value is -0.543. The number of hydrogen-bond acceptors (Lipinski definition) is 2. The van der Waals surface area contributed by atoms with Gasteiger partial charge in [-0.2, -0.15) is 0 Å². The zero-order valence-electron chi connectivity index (χ0n) is 8.39. The van der Waals surface area contributed by atoms with E-state index in [1.54, 1.807) is 13.3 Å². The highest BCUT2D eigenvalue weighted by Crippen LogP contribution is 2.21. The third kappa shape index (κ3) is 2.23. The SMILES string of the molecule is COc1nccc([Si](C)(C)C)c1Cl. The lowest BCUT2D eigenvalue weighted by molar-refractivity contribution is 0.398. The standard InChI is InChI=1S/C9H14ClNOSi/c1-12-9-8(10)7(5-6-11-9)13(2,3)4/h5-6H,1-4H3. The van der Waals surface area contributed by atoms with Gasteiger partial charge in [0.1, 0.15) is 5.02 Å². The molecular weight excluding hydrogens is 202 g/mol. The highest BCUT2D eigenvalue weighted by Gasteiger charge is 2.21. The second kappa shape index (κ2) is 3.68. The van der Waals surface area contributed by atoms with Crippen LogP contribution in [0, 0.1) is 0 Å². The van der Waals surface area contributed by atoms with E-state index in [1.165, 1.54) is 5.19 Å². The molecule has 0 radical (unpaired) electrons. The van der Waals surface area contributed by atoms with Crippen LogP contribution in [0.15, 0.2) is 12.3 Å². The highest BCUT2D eigenvalue weighted by atomic mass is 35.5. The Labute approximate surface area is 84.9 Å². The maximum atomic E-state index is 6.14. The summed E-state index contributed by atoms with van der Waals surface area (Å²) in [7, 11) is 0.208. The molecule has 0 saturated heterocycles. The van der Waals surface area contributed by atoms with Gasteiger partial charge in [0.25, 0.3) is 0 Å². The molecule has 1 rings (SSSR count). The third-order valence-corrected chi connectivity index (χ3v) is 4.42. The minimum atomic E-state index is -1.38. The normalized spacial score (nSPS) is 11.5. The summed E-state index contributed by atoms with van der Waals surface area (Å²) >= 11 is 6.14. The van der Waals surface area contributed by atoms with Gasteiger partial charge in [-0.15, -0.1) is 0 Å². The Balaban J connectivity index is 3.24. The van der Waals surface area contributed by atoms with Crippen LogP contribution in [-0.2, 0) is 0 Å². The Bertz CT molecular complexity index is 309. The molecule has 1 aromatic heterocycles. The van der Waals surface area contributed by atoms with Crippen molar-refractivity contribution in [3.63, 3.8) is 0 Å². The zero-order valence-corrected chi connectivity index (χ0v) is 10.1. The Morgan fingerprint density at radius 2 is 2.00 bits per heavy atom. The van der Waals surface area contributed by atoms with Crippen molar-refractivity contribution in [2.24, 2.45) is 0 Å². The molecule has 4 heteroatoms. The van der Waals surface area contributed by atoms with Crippen LogP contribution in [-0.4, -0.2) is 20.2 Å². The molecule has 0 atom stereocenters. The number of pyridine rings is 1. The van der Waals surface area contributed by atoms with Gasteiger partial charge in [0.2, 0.25) is 5.88 Å². The summed E-state index contributed by atoms with van der Waals surface area (Å²) in [4.78, 5) is 4.04. The quantitative estimate of drug-likeness (QED) is 0.707. The predicted molar refractivity (Wildman–Crippen MR) is 58.8 cm³/mol. The van der Waals surface area contributed by atoms with Crippen molar-refractivity contribution >= 4 is 24.9 Å². The first-order valence-corrected chi connectivity index (χ1v) is 8.03. The Morgan fingerprint density at radius 1 is 1.38 bits per heavy atom. The molecule has 0 aromatic carbocycles. The second-order valence-corrected chi connectivity index (χ2v) is 9.35. The maximum absolute atomic E-state index is 6.14. The van der Waals surface area contributed by atoms with Crippen LogP contribution in [0.5, 0.6) is 5.88 Å². The van der Waals surface area contributed by atoms with E-state index in [2.05, 4.69) is 24.6 Å². The molecule has 2 nitrogen and oxygen atoms in total. The minimum absolute atomic E-state index is 0.529. The van der Waals surface area contributed by atoms with Crippen molar-refractivity contribution in [2.45, 2.75) is 19.6 Å². The molecule has 72 valence electrons. The fraction of sp³-hybridized carbons (Fsp3) is 0.444. The maximum Gasteiger partial charge on any atom is 0.232 e. The molecule has 1 heterocycles. The fourth-order valence-corrected chi connectivity index (χ4v) is 3.53. The van der Waals surface area contributed by atoms with E-state index in [9.17, 15) is 0 Å². The smallest absolute Gasteiger partial charge is 0.232 e. The van der Waals surface area contributed by atoms with Crippen molar-refractivity contribution in [3.05, 3.63) is 17.3 Å². The van der Waals surface area contributed by atoms with Crippen LogP contribution in [0.3, 0.4) is 0 Å². The molecular formula is C9H14ClNOSi. The van der Waals surface area contributed by atoms with Crippen LogP contribution in [0.2, 0.25) is 24.7 Å². The minimum Gasteiger partial charge on any atom is -0.480 e. The largest absolute Gasteiger partial charge is 0.480 e. The molecule has 0 spiro atoms. The highest BCUT2D eigenvalue weighted by molar-refractivity contribution is 6.90. The van der Waals surface area contributed by atoms with Gasteiger partial charge in [0, 0.05) is 6.20 Å². The summed E-state index contributed by atoms with van der Waals surface area (Å²) < 4.78 is 5.06. The fourth-order valence-electron chi connectivity index (χ4n) is 1.15. The lowest BCUT2D eigenvalue weighted by Crippen LogP contribution is -2.38. The average molecular weight is 216 g/mol. The number of hydrogen-bond donors (Lipinski definition) is 0. The van der Waals surface area contributed by atoms with Crippen molar-refractivity contribution in [1.29, 1.82) is 0 Å². The van der Waals surface area contributed by atoms with E-state index >= 15 is 0 Å². The first-order valence-electron chi connectivity index (χ1n) is 4.16. The lowest BCUT2D eigenvalue weighted by atomic mass is 10.5. The van der Waals surface area contributed by atoms with Crippen LogP contribution in [0.25, 0.3) is 0 Å². The summed E-state index contributed by atoms with van der Waals surface area (Å²) in [5, 5.41) is 1.87. The molecule has 1 aromatic rings. The summed E-state index contributed by atoms with van der Waals surface area (Å²) in [5.41, 5.74) is 0. The van der Waals surface area contributed by atoms with E-state index in [4.69, 9.17) is 16.3 Å². The van der Waals surface area contributed by atoms with Gasteiger partial charge in [0.05, 0.1) is 15.2 Å². The van der Waals surface area contributed by atoms with Gasteiger partial charge in [-0.3, -0.25) is 0 Å². The molecule has 0 aliphatic heterocycles. The summed E-state index contributed by atoms with van der Waals surface area (Å²) in [6.45, 7) is 6.73. The molecule has 13 heavy (non-hydrogen) atoms. The van der Waals surface area contributed by atoms with Crippen molar-refractivity contribution in [1.82, 2.24) is 4.98 Å². The van der Waals surface area contributed by atoms with E-state index in [-0.39, 0.29) is 0 Å². The Kier molecular flexibility index (Phi) is 2.98. The van der Waals surface area contributed by atoms with Crippen molar-refractivity contribution in [3.8, 4) is 5.88 Å². The van der Waals surface area contributed by atoms with E-state index in [0.717, 1.165) is 0 Å². The lowest BCUT2D eigenvalue weighted by Gasteiger charge is -2.18. The predicted octanol–water partition coefficient (Wildman–Crippen LogP) is 2.29. The molecule has 0 fully saturated rings. The van der Waals surface area contributed by atoms with Crippen molar-refractivity contribution in [2.75, 3.05) is 7.11 Å². The van der Waals surface area contributed by atoms with E-state index in [1.807, 2.05) is 6.07 Å². The monoisotopic (exact) mass is 215 g/mol. The summed E-state index contributed by atoms with van der Waals surface area (Å²) in [5.74, 6) is 0.529. The molecule has 0 bridgehead atoms. The number of rotatable bonds is 2. The molecule has 0 amide bonds. The molecule has 0 aliphatic carbocycles. The number of halogens is 1. The van der Waals surface area contributed by atoms with Gasteiger partial charge in [-0.05, 0) is 11.3 Å². The van der Waals surface area contributed by atoms with E-state index in [0.29, 0.717) is 10.9 Å². The summed E-state index contributed by atoms with van der Waals surface area (Å²) in [6, 6.07) is 1.98. The third-order valence-electron chi connectivity index (χ3n) is 1.86. The van der Waals surface area contributed by atoms with Gasteiger partial charge < -0.3 is 4.74 Å². The van der Waals surface area contributed by atoms with Crippen LogP contribution >= 0.6 is 11.6 Å². The van der Waals surface area contributed by atoms with E-state index < -0.39 is 8.07 Å². The van der Waals surface area contributed by atoms with Gasteiger partial charge in [0.15, 0.2) is 0 Å². The van der Waals surface area contributed by atoms with Gasteiger partial charge in [-0.25, -0.2) is 4.98 Å². The molecule has 0 unspecified atom stereocenters. The summed E-state index contributed by atoms with van der Waals surface area (Å²) in [6.07, 6.45) is 1.75. The van der Waals surface area contributed by atoms with Crippen LogP contribution < -0.4 is 9.92 Å². The molecule has 0 N–H and O–H groups in total. The number of aromatic nitrogens is 1. The molecule has 0 aliphatic rings. The van der Waals surface area contributed by atoms with Crippen molar-refractivity contribution < 1.29 is 4.74 Å². The van der Waals surface area contributed by atoms with Gasteiger partial charge >= 0.3 is 0 Å². The average Bonchev–Trinajstić information content (AvgIpc) is 2.02. The van der Waals surface area contributed by atoms with Crippen LogP contribution in [0.4, 0.5) is 0 Å². The number of ether oxygens (including phenoxy) is 1. The van der Waals surface area contributed by atoms with Crippen LogP contribution in [0.1, 0.15) is 0 Å². The first kappa shape index (κ1) is 10.5. The first-order chi connectivity index (χ1) is 5.96. The van der Waals surface area contributed by atoms with Gasteiger partial charge in [-0.1, -0.05) is 31.2 Å². The Morgan fingerprint density at radius 3 is 2.46 bits per heavy atom. The molecule has 0 saturated carbocycles.